The molecule has 0 spiro atoms. The second kappa shape index (κ2) is 3.81. The van der Waals surface area contributed by atoms with E-state index in [-0.39, 0.29) is 13.2 Å². The Bertz CT molecular complexity index is 240. The Morgan fingerprint density at radius 2 is 2.00 bits per heavy atom. The van der Waals surface area contributed by atoms with Gasteiger partial charge in [0.25, 0.3) is 0 Å². The molecule has 0 heterocycles. The number of methoxy groups -OCH3 is 1. The van der Waals surface area contributed by atoms with Crippen LogP contribution in [-0.4, -0.2) is 36.1 Å². The van der Waals surface area contributed by atoms with Crippen molar-refractivity contribution in [3.8, 4) is 0 Å². The van der Waals surface area contributed by atoms with Gasteiger partial charge >= 0.3 is 0 Å². The Kier molecular flexibility index (Phi) is 2.95. The van der Waals surface area contributed by atoms with Gasteiger partial charge in [-0.1, -0.05) is 0 Å². The molecule has 0 saturated heterocycles. The lowest BCUT2D eigenvalue weighted by Crippen LogP contribution is -2.14. The van der Waals surface area contributed by atoms with Gasteiger partial charge in [-0.05, 0) is 19.1 Å². The van der Waals surface area contributed by atoms with Crippen molar-refractivity contribution in [2.75, 3.05) is 20.3 Å². The lowest BCUT2D eigenvalue weighted by Gasteiger charge is -2.08. The SMILES string of the molecule is COC1=CC(C)(O)C=C1OCCO. The third-order valence-electron chi connectivity index (χ3n) is 1.66. The van der Waals surface area contributed by atoms with Crippen LogP contribution in [0.5, 0.6) is 0 Å². The van der Waals surface area contributed by atoms with Crippen molar-refractivity contribution in [2.45, 2.75) is 12.5 Å². The van der Waals surface area contributed by atoms with Gasteiger partial charge in [0.2, 0.25) is 0 Å². The number of hydrogen-bond donors (Lipinski definition) is 2. The molecule has 0 aromatic rings. The van der Waals surface area contributed by atoms with E-state index in [2.05, 4.69) is 0 Å². The van der Waals surface area contributed by atoms with Crippen molar-refractivity contribution in [2.24, 2.45) is 0 Å². The highest BCUT2D eigenvalue weighted by Gasteiger charge is 2.27. The Hall–Kier alpha value is -1.00. The highest BCUT2D eigenvalue weighted by Crippen LogP contribution is 2.27. The first-order valence-corrected chi connectivity index (χ1v) is 4.05. The molecule has 0 bridgehead atoms. The van der Waals surface area contributed by atoms with E-state index in [4.69, 9.17) is 14.6 Å². The zero-order chi connectivity index (χ0) is 9.90. The average molecular weight is 186 g/mol. The maximum Gasteiger partial charge on any atom is 0.160 e. The van der Waals surface area contributed by atoms with Crippen LogP contribution in [0.1, 0.15) is 6.92 Å². The second-order valence-electron chi connectivity index (χ2n) is 3.02. The van der Waals surface area contributed by atoms with Crippen LogP contribution in [0, 0.1) is 0 Å². The number of ether oxygens (including phenoxy) is 2. The predicted molar refractivity (Wildman–Crippen MR) is 46.8 cm³/mol. The molecule has 13 heavy (non-hydrogen) atoms. The van der Waals surface area contributed by atoms with Crippen molar-refractivity contribution >= 4 is 0 Å². The van der Waals surface area contributed by atoms with E-state index in [0.29, 0.717) is 11.5 Å². The van der Waals surface area contributed by atoms with Gasteiger partial charge in [0, 0.05) is 0 Å². The number of aliphatic hydroxyl groups excluding tert-OH is 1. The average Bonchev–Trinajstić information content (AvgIpc) is 2.37. The Morgan fingerprint density at radius 3 is 2.54 bits per heavy atom. The molecule has 1 aliphatic carbocycles. The van der Waals surface area contributed by atoms with Crippen LogP contribution in [0.3, 0.4) is 0 Å². The van der Waals surface area contributed by atoms with Crippen LogP contribution in [-0.2, 0) is 9.47 Å². The van der Waals surface area contributed by atoms with E-state index in [9.17, 15) is 5.11 Å². The largest absolute Gasteiger partial charge is 0.493 e. The second-order valence-corrected chi connectivity index (χ2v) is 3.02. The first kappa shape index (κ1) is 10.1. The number of aliphatic hydroxyl groups is 2. The fraction of sp³-hybridized carbons (Fsp3) is 0.556. The summed E-state index contributed by atoms with van der Waals surface area (Å²) in [4.78, 5) is 0. The van der Waals surface area contributed by atoms with Gasteiger partial charge in [-0.25, -0.2) is 0 Å². The normalized spacial score (nSPS) is 26.8. The molecule has 0 radical (unpaired) electrons. The Morgan fingerprint density at radius 1 is 1.38 bits per heavy atom. The molecular weight excluding hydrogens is 172 g/mol. The minimum atomic E-state index is -1.02. The van der Waals surface area contributed by atoms with Gasteiger partial charge < -0.3 is 19.7 Å². The van der Waals surface area contributed by atoms with E-state index in [1.807, 2.05) is 0 Å². The molecule has 2 N–H and O–H groups in total. The maximum atomic E-state index is 9.59. The van der Waals surface area contributed by atoms with E-state index in [1.165, 1.54) is 7.11 Å². The van der Waals surface area contributed by atoms with E-state index in [0.717, 1.165) is 0 Å². The van der Waals surface area contributed by atoms with Gasteiger partial charge in [-0.2, -0.15) is 0 Å². The third-order valence-corrected chi connectivity index (χ3v) is 1.66. The minimum Gasteiger partial charge on any atom is -0.493 e. The van der Waals surface area contributed by atoms with Gasteiger partial charge in [0.1, 0.15) is 12.2 Å². The molecule has 1 rings (SSSR count). The highest BCUT2D eigenvalue weighted by molar-refractivity contribution is 5.36. The van der Waals surface area contributed by atoms with Crippen molar-refractivity contribution < 1.29 is 19.7 Å². The molecule has 0 saturated carbocycles. The minimum absolute atomic E-state index is 0.0591. The van der Waals surface area contributed by atoms with E-state index in [1.54, 1.807) is 19.1 Å². The summed E-state index contributed by atoms with van der Waals surface area (Å²) in [7, 11) is 1.50. The van der Waals surface area contributed by atoms with Crippen molar-refractivity contribution in [3.63, 3.8) is 0 Å². The van der Waals surface area contributed by atoms with Gasteiger partial charge in [0.05, 0.1) is 13.7 Å². The van der Waals surface area contributed by atoms with Crippen molar-refractivity contribution in [1.82, 2.24) is 0 Å². The summed E-state index contributed by atoms with van der Waals surface area (Å²) in [5, 5.41) is 18.1. The summed E-state index contributed by atoms with van der Waals surface area (Å²) in [6.07, 6.45) is 3.10. The third kappa shape index (κ3) is 2.47. The summed E-state index contributed by atoms with van der Waals surface area (Å²) in [6, 6.07) is 0. The molecule has 0 aromatic carbocycles. The molecule has 0 aromatic heterocycles. The summed E-state index contributed by atoms with van der Waals surface area (Å²) in [5.41, 5.74) is -1.02. The first-order valence-electron chi connectivity index (χ1n) is 4.05. The molecular formula is C9H14O4. The quantitative estimate of drug-likeness (QED) is 0.657. The van der Waals surface area contributed by atoms with Crippen LogP contribution < -0.4 is 0 Å². The molecule has 74 valence electrons. The van der Waals surface area contributed by atoms with Gasteiger partial charge in [0.15, 0.2) is 11.5 Å². The van der Waals surface area contributed by atoms with E-state index >= 15 is 0 Å². The molecule has 1 unspecified atom stereocenters. The molecule has 0 amide bonds. The topological polar surface area (TPSA) is 58.9 Å². The summed E-state index contributed by atoms with van der Waals surface area (Å²) in [6.45, 7) is 1.76. The highest BCUT2D eigenvalue weighted by atomic mass is 16.5. The van der Waals surface area contributed by atoms with Crippen LogP contribution in [0.2, 0.25) is 0 Å². The lowest BCUT2D eigenvalue weighted by molar-refractivity contribution is 0.129. The number of hydrogen-bond acceptors (Lipinski definition) is 4. The fourth-order valence-corrected chi connectivity index (χ4v) is 1.14. The van der Waals surface area contributed by atoms with Gasteiger partial charge in [-0.15, -0.1) is 0 Å². The molecule has 1 atom stereocenters. The Balaban J connectivity index is 2.68. The standard InChI is InChI=1S/C9H14O4/c1-9(11)5-7(12-2)8(6-9)13-4-3-10/h5-6,10-11H,3-4H2,1-2H3. The molecule has 4 nitrogen and oxygen atoms in total. The summed E-state index contributed by atoms with van der Waals surface area (Å²) >= 11 is 0. The van der Waals surface area contributed by atoms with Crippen LogP contribution >= 0.6 is 0 Å². The van der Waals surface area contributed by atoms with Crippen LogP contribution in [0.4, 0.5) is 0 Å². The van der Waals surface area contributed by atoms with Crippen LogP contribution in [0.25, 0.3) is 0 Å². The van der Waals surface area contributed by atoms with Crippen LogP contribution in [0.15, 0.2) is 23.7 Å². The Labute approximate surface area is 77.1 Å². The van der Waals surface area contributed by atoms with E-state index < -0.39 is 5.60 Å². The van der Waals surface area contributed by atoms with Gasteiger partial charge in [-0.3, -0.25) is 0 Å². The summed E-state index contributed by atoms with van der Waals surface area (Å²) < 4.78 is 10.1. The zero-order valence-corrected chi connectivity index (χ0v) is 7.78. The molecule has 0 aliphatic heterocycles. The first-order chi connectivity index (χ1) is 6.09. The summed E-state index contributed by atoms with van der Waals surface area (Å²) in [5.74, 6) is 0.972. The molecule has 0 fully saturated rings. The maximum absolute atomic E-state index is 9.59. The predicted octanol–water partition coefficient (Wildman–Crippen LogP) is 0.174. The lowest BCUT2D eigenvalue weighted by atomic mass is 10.1. The zero-order valence-electron chi connectivity index (χ0n) is 7.78. The number of rotatable bonds is 4. The van der Waals surface area contributed by atoms with Crippen molar-refractivity contribution in [1.29, 1.82) is 0 Å². The fourth-order valence-electron chi connectivity index (χ4n) is 1.14. The molecule has 4 heteroatoms. The monoisotopic (exact) mass is 186 g/mol. The smallest absolute Gasteiger partial charge is 0.160 e. The van der Waals surface area contributed by atoms with Crippen molar-refractivity contribution in [3.05, 3.63) is 23.7 Å². The molecule has 1 aliphatic rings.